The number of carbonyl (C=O) groups is 5. The Labute approximate surface area is 240 Å². The molecular formula is C31H31BrN2O6. The van der Waals surface area contributed by atoms with Crippen LogP contribution in [0.3, 0.4) is 0 Å². The van der Waals surface area contributed by atoms with Crippen molar-refractivity contribution >= 4 is 56.6 Å². The molecule has 3 aliphatic rings. The smallest absolute Gasteiger partial charge is 0.326 e. The molecule has 1 saturated heterocycles. The van der Waals surface area contributed by atoms with Crippen LogP contribution < -0.4 is 5.32 Å². The highest BCUT2D eigenvalue weighted by Gasteiger charge is 2.85. The number of alkyl halides is 1. The average Bonchev–Trinajstić information content (AvgIpc) is 3.31. The average molecular weight is 608 g/mol. The van der Waals surface area contributed by atoms with E-state index in [2.05, 4.69) is 21.2 Å². The molecule has 208 valence electrons. The fourth-order valence-corrected chi connectivity index (χ4v) is 8.44. The SMILES string of the molecule is CC(=O)N[C@@H](CCCCN1C(=O)C2C3(C)C(=O)C(C)(C(c4ccccc4)=C3c3ccccc3)C2(Br)C1=O)C(=O)O. The molecule has 4 unspecified atom stereocenters. The van der Waals surface area contributed by atoms with Crippen LogP contribution in [0.15, 0.2) is 60.7 Å². The number of imide groups is 1. The molecule has 2 bridgehead atoms. The molecule has 9 heteroatoms. The van der Waals surface area contributed by atoms with E-state index >= 15 is 0 Å². The van der Waals surface area contributed by atoms with E-state index in [0.717, 1.165) is 22.3 Å². The Morgan fingerprint density at radius 2 is 1.50 bits per heavy atom. The van der Waals surface area contributed by atoms with E-state index in [1.54, 1.807) is 13.8 Å². The minimum absolute atomic E-state index is 0.0929. The second-order valence-electron chi connectivity index (χ2n) is 11.2. The molecule has 5 rings (SSSR count). The Hall–Kier alpha value is -3.59. The van der Waals surface area contributed by atoms with Gasteiger partial charge in [0.2, 0.25) is 17.7 Å². The lowest BCUT2D eigenvalue weighted by Gasteiger charge is -2.41. The maximum absolute atomic E-state index is 14.4. The Kier molecular flexibility index (Phi) is 6.85. The van der Waals surface area contributed by atoms with Crippen molar-refractivity contribution in [3.05, 3.63) is 71.8 Å². The van der Waals surface area contributed by atoms with Gasteiger partial charge in [-0.15, -0.1) is 0 Å². The summed E-state index contributed by atoms with van der Waals surface area (Å²) in [5.41, 5.74) is 0.644. The molecule has 0 aromatic heterocycles. The van der Waals surface area contributed by atoms with Gasteiger partial charge in [0.15, 0.2) is 5.78 Å². The molecule has 1 aliphatic heterocycles. The fraction of sp³-hybridized carbons (Fsp3) is 0.387. The number of rotatable bonds is 9. The molecule has 0 radical (unpaired) electrons. The summed E-state index contributed by atoms with van der Waals surface area (Å²) in [5, 5.41) is 11.8. The van der Waals surface area contributed by atoms with Gasteiger partial charge >= 0.3 is 5.97 Å². The van der Waals surface area contributed by atoms with Crippen molar-refractivity contribution in [2.75, 3.05) is 6.54 Å². The number of allylic oxidation sites excluding steroid dienone is 2. The van der Waals surface area contributed by atoms with Gasteiger partial charge in [0.05, 0.1) is 16.7 Å². The molecular weight excluding hydrogens is 576 g/mol. The normalized spacial score (nSPS) is 29.6. The number of amides is 3. The van der Waals surface area contributed by atoms with Crippen LogP contribution in [0.2, 0.25) is 0 Å². The largest absolute Gasteiger partial charge is 0.480 e. The molecule has 8 nitrogen and oxygen atoms in total. The molecule has 2 aliphatic carbocycles. The van der Waals surface area contributed by atoms with Crippen molar-refractivity contribution in [2.45, 2.75) is 50.4 Å². The van der Waals surface area contributed by atoms with Crippen molar-refractivity contribution in [2.24, 2.45) is 16.7 Å². The summed E-state index contributed by atoms with van der Waals surface area (Å²) in [4.78, 5) is 66.6. The summed E-state index contributed by atoms with van der Waals surface area (Å²) < 4.78 is -1.45. The number of benzene rings is 2. The Morgan fingerprint density at radius 1 is 0.950 bits per heavy atom. The molecule has 0 spiro atoms. The highest BCUT2D eigenvalue weighted by Crippen LogP contribution is 2.77. The molecule has 2 aromatic carbocycles. The summed E-state index contributed by atoms with van der Waals surface area (Å²) >= 11 is 3.73. The summed E-state index contributed by atoms with van der Waals surface area (Å²) in [5.74, 6) is -3.51. The molecule has 2 fully saturated rings. The Morgan fingerprint density at radius 3 is 2.02 bits per heavy atom. The van der Waals surface area contributed by atoms with Crippen LogP contribution in [0.1, 0.15) is 51.2 Å². The zero-order chi connectivity index (χ0) is 29.0. The second kappa shape index (κ2) is 9.80. The first-order valence-electron chi connectivity index (χ1n) is 13.4. The first kappa shape index (κ1) is 28.0. The van der Waals surface area contributed by atoms with Crippen molar-refractivity contribution in [1.82, 2.24) is 10.2 Å². The number of fused-ring (bicyclic) bond motifs is 5. The van der Waals surface area contributed by atoms with E-state index in [0.29, 0.717) is 12.8 Å². The number of nitrogens with one attached hydrogen (secondary N) is 1. The summed E-state index contributed by atoms with van der Waals surface area (Å²) in [6, 6.07) is 18.1. The van der Waals surface area contributed by atoms with Crippen molar-refractivity contribution in [3.8, 4) is 0 Å². The number of likely N-dealkylation sites (tertiary alicyclic amines) is 1. The maximum atomic E-state index is 14.4. The minimum atomic E-state index is -1.45. The van der Waals surface area contributed by atoms with Gasteiger partial charge in [0.1, 0.15) is 10.4 Å². The number of unbranched alkanes of at least 4 members (excludes halogenated alkanes) is 1. The Balaban J connectivity index is 1.52. The molecule has 2 N–H and O–H groups in total. The number of ketones is 1. The number of carboxylic acids is 1. The van der Waals surface area contributed by atoms with Gasteiger partial charge in [0.25, 0.3) is 0 Å². The topological polar surface area (TPSA) is 121 Å². The van der Waals surface area contributed by atoms with Crippen molar-refractivity contribution < 1.29 is 29.1 Å². The lowest BCUT2D eigenvalue weighted by atomic mass is 9.63. The van der Waals surface area contributed by atoms with Crippen LogP contribution >= 0.6 is 15.9 Å². The number of halogens is 1. The molecule has 5 atom stereocenters. The van der Waals surface area contributed by atoms with Crippen LogP contribution in [0.4, 0.5) is 0 Å². The van der Waals surface area contributed by atoms with Gasteiger partial charge in [-0.1, -0.05) is 76.6 Å². The first-order valence-corrected chi connectivity index (χ1v) is 14.2. The number of hydrogen-bond acceptors (Lipinski definition) is 5. The highest BCUT2D eigenvalue weighted by molar-refractivity contribution is 9.10. The van der Waals surface area contributed by atoms with Crippen molar-refractivity contribution in [3.63, 3.8) is 0 Å². The quantitative estimate of drug-likeness (QED) is 0.252. The van der Waals surface area contributed by atoms with E-state index in [1.807, 2.05) is 60.7 Å². The monoisotopic (exact) mass is 606 g/mol. The molecule has 3 amide bonds. The third kappa shape index (κ3) is 3.66. The maximum Gasteiger partial charge on any atom is 0.326 e. The minimum Gasteiger partial charge on any atom is -0.480 e. The summed E-state index contributed by atoms with van der Waals surface area (Å²) in [6.45, 7) is 4.92. The molecule has 1 heterocycles. The predicted molar refractivity (Wildman–Crippen MR) is 152 cm³/mol. The summed E-state index contributed by atoms with van der Waals surface area (Å²) in [6.07, 6.45) is 0.910. The van der Waals surface area contributed by atoms with Gasteiger partial charge in [-0.3, -0.25) is 24.1 Å². The van der Waals surface area contributed by atoms with Crippen LogP contribution in [0, 0.1) is 16.7 Å². The molecule has 1 saturated carbocycles. The van der Waals surface area contributed by atoms with Gasteiger partial charge in [-0.2, -0.15) is 0 Å². The van der Waals surface area contributed by atoms with Gasteiger partial charge in [-0.25, -0.2) is 4.79 Å². The first-order chi connectivity index (χ1) is 18.9. The number of hydrogen-bond donors (Lipinski definition) is 2. The number of aliphatic carboxylic acids is 1. The number of carboxylic acid groups (broad SMARTS) is 1. The van der Waals surface area contributed by atoms with Crippen LogP contribution in [0.5, 0.6) is 0 Å². The van der Waals surface area contributed by atoms with Gasteiger partial charge in [-0.05, 0) is 55.4 Å². The number of nitrogens with zero attached hydrogens (tertiary/aromatic N) is 1. The van der Waals surface area contributed by atoms with E-state index in [9.17, 15) is 29.1 Å². The third-order valence-electron chi connectivity index (χ3n) is 8.89. The molecule has 2 aromatic rings. The van der Waals surface area contributed by atoms with Crippen molar-refractivity contribution in [1.29, 1.82) is 0 Å². The van der Waals surface area contributed by atoms with Crippen LogP contribution in [0.25, 0.3) is 11.1 Å². The highest BCUT2D eigenvalue weighted by atomic mass is 79.9. The second-order valence-corrected chi connectivity index (χ2v) is 12.4. The third-order valence-corrected chi connectivity index (χ3v) is 10.5. The standard InChI is InChI=1S/C31H31BrN2O6/c1-18(35)33-21(26(37)38)16-10-11-17-34-25(36)24-29(2)22(19-12-6-4-7-13-19)23(20-14-8-5-9-15-20)30(3,27(29)39)31(24,32)28(34)40/h4-9,12-15,21,24H,10-11,16-17H2,1-3H3,(H,33,35)(H,37,38)/t21-,24?,29?,30?,31?/m0/s1. The number of carbonyl (C=O) groups excluding carboxylic acids is 4. The molecule has 40 heavy (non-hydrogen) atoms. The van der Waals surface area contributed by atoms with E-state index < -0.39 is 50.8 Å². The lowest BCUT2D eigenvalue weighted by Crippen LogP contribution is -2.50. The zero-order valence-corrected chi connectivity index (χ0v) is 24.2. The van der Waals surface area contributed by atoms with Crippen LogP contribution in [-0.4, -0.2) is 56.4 Å². The van der Waals surface area contributed by atoms with Crippen LogP contribution in [-0.2, 0) is 24.0 Å². The van der Waals surface area contributed by atoms with E-state index in [4.69, 9.17) is 0 Å². The summed E-state index contributed by atoms with van der Waals surface area (Å²) in [7, 11) is 0. The van der Waals surface area contributed by atoms with Gasteiger partial charge in [0, 0.05) is 13.5 Å². The lowest BCUT2D eigenvalue weighted by molar-refractivity contribution is -0.144. The fourth-order valence-electron chi connectivity index (χ4n) is 7.19. The van der Waals surface area contributed by atoms with Gasteiger partial charge < -0.3 is 10.4 Å². The zero-order valence-electron chi connectivity index (χ0n) is 22.6. The Bertz CT molecular complexity index is 1460. The number of Topliss-reactive ketones (excluding diaryl/α,β-unsaturated/α-hetero) is 1. The van der Waals surface area contributed by atoms with E-state index in [1.165, 1.54) is 11.8 Å². The predicted octanol–water partition coefficient (Wildman–Crippen LogP) is 4.08. The van der Waals surface area contributed by atoms with E-state index in [-0.39, 0.29) is 18.7 Å².